The number of hydrogen-bond acceptors (Lipinski definition) is 4. The van der Waals surface area contributed by atoms with Crippen molar-refractivity contribution in [1.82, 2.24) is 10.2 Å². The largest absolute Gasteiger partial charge is 0.372 e. The molecule has 2 heterocycles. The van der Waals surface area contributed by atoms with Crippen molar-refractivity contribution in [2.75, 3.05) is 50.0 Å². The summed E-state index contributed by atoms with van der Waals surface area (Å²) in [5.41, 5.74) is 2.32. The molecule has 3 rings (SSSR count). The Kier molecular flexibility index (Phi) is 4.29. The lowest BCUT2D eigenvalue weighted by Crippen LogP contribution is -2.34. The summed E-state index contributed by atoms with van der Waals surface area (Å²) in [7, 11) is 1.96. The molecule has 1 fully saturated rings. The molecule has 2 aliphatic heterocycles. The zero-order chi connectivity index (χ0) is 15.5. The molecule has 0 radical (unpaired) electrons. The molecule has 0 unspecified atom stereocenters. The third-order valence-corrected chi connectivity index (χ3v) is 4.23. The molecule has 6 nitrogen and oxygen atoms in total. The van der Waals surface area contributed by atoms with E-state index < -0.39 is 0 Å². The van der Waals surface area contributed by atoms with Gasteiger partial charge in [-0.3, -0.25) is 9.59 Å². The first-order chi connectivity index (χ1) is 10.6. The topological polar surface area (TPSA) is 64.7 Å². The maximum Gasteiger partial charge on any atom is 0.253 e. The van der Waals surface area contributed by atoms with E-state index in [0.717, 1.165) is 44.0 Å². The lowest BCUT2D eigenvalue weighted by Gasteiger charge is -2.22. The van der Waals surface area contributed by atoms with Gasteiger partial charge in [-0.05, 0) is 31.2 Å². The average Bonchev–Trinajstić information content (AvgIpc) is 2.87. The Labute approximate surface area is 130 Å². The van der Waals surface area contributed by atoms with Crippen molar-refractivity contribution in [1.29, 1.82) is 0 Å². The Morgan fingerprint density at radius 3 is 2.91 bits per heavy atom. The number of rotatable bonds is 1. The van der Waals surface area contributed by atoms with Crippen LogP contribution < -0.4 is 15.5 Å². The summed E-state index contributed by atoms with van der Waals surface area (Å²) < 4.78 is 0. The lowest BCUT2D eigenvalue weighted by atomic mass is 10.1. The van der Waals surface area contributed by atoms with Crippen LogP contribution in [0.15, 0.2) is 18.2 Å². The summed E-state index contributed by atoms with van der Waals surface area (Å²) in [5.74, 6) is 0.0295. The highest BCUT2D eigenvalue weighted by Gasteiger charge is 2.21. The smallest absolute Gasteiger partial charge is 0.253 e. The number of fused-ring (bicyclic) bond motifs is 1. The third-order valence-electron chi connectivity index (χ3n) is 4.23. The van der Waals surface area contributed by atoms with Gasteiger partial charge < -0.3 is 20.4 Å². The van der Waals surface area contributed by atoms with E-state index in [4.69, 9.17) is 0 Å². The molecule has 6 heteroatoms. The van der Waals surface area contributed by atoms with Crippen LogP contribution in [0.3, 0.4) is 0 Å². The molecule has 0 spiro atoms. The SMILES string of the molecule is CN1CCC(=O)Nc2cc(C(=O)N3CCCNCC3)ccc21. The number of hydrogen-bond donors (Lipinski definition) is 2. The zero-order valence-corrected chi connectivity index (χ0v) is 12.9. The minimum Gasteiger partial charge on any atom is -0.372 e. The van der Waals surface area contributed by atoms with Gasteiger partial charge in [-0.25, -0.2) is 0 Å². The van der Waals surface area contributed by atoms with Gasteiger partial charge in [0.15, 0.2) is 0 Å². The predicted octanol–water partition coefficient (Wildman–Crippen LogP) is 0.901. The van der Waals surface area contributed by atoms with Crippen LogP contribution in [0.4, 0.5) is 11.4 Å². The molecule has 0 bridgehead atoms. The second kappa shape index (κ2) is 6.36. The maximum absolute atomic E-state index is 12.7. The second-order valence-electron chi connectivity index (χ2n) is 5.85. The fourth-order valence-corrected chi connectivity index (χ4v) is 2.94. The first-order valence-corrected chi connectivity index (χ1v) is 7.80. The first kappa shape index (κ1) is 14.8. The van der Waals surface area contributed by atoms with Gasteiger partial charge in [0.2, 0.25) is 5.91 Å². The van der Waals surface area contributed by atoms with E-state index in [2.05, 4.69) is 10.6 Å². The van der Waals surface area contributed by atoms with Crippen molar-refractivity contribution in [2.24, 2.45) is 0 Å². The fraction of sp³-hybridized carbons (Fsp3) is 0.500. The number of carbonyl (C=O) groups excluding carboxylic acids is 2. The molecule has 0 atom stereocenters. The first-order valence-electron chi connectivity index (χ1n) is 7.80. The Bertz CT molecular complexity index is 580. The van der Waals surface area contributed by atoms with Crippen LogP contribution in [0.25, 0.3) is 0 Å². The molecule has 1 aromatic rings. The third kappa shape index (κ3) is 3.06. The summed E-state index contributed by atoms with van der Waals surface area (Å²) >= 11 is 0. The van der Waals surface area contributed by atoms with E-state index in [-0.39, 0.29) is 11.8 Å². The number of anilines is 2. The highest BCUT2D eigenvalue weighted by molar-refractivity contribution is 6.00. The molecule has 2 N–H and O–H groups in total. The van der Waals surface area contributed by atoms with Crippen molar-refractivity contribution in [3.05, 3.63) is 23.8 Å². The molecule has 1 saturated heterocycles. The van der Waals surface area contributed by atoms with Gasteiger partial charge in [0.05, 0.1) is 11.4 Å². The normalized spacial score (nSPS) is 19.0. The molecular formula is C16H22N4O2. The minimum absolute atomic E-state index is 0.00540. The summed E-state index contributed by atoms with van der Waals surface area (Å²) in [6, 6.07) is 5.58. The van der Waals surface area contributed by atoms with Crippen LogP contribution in [0.5, 0.6) is 0 Å². The average molecular weight is 302 g/mol. The Balaban J connectivity index is 1.85. The zero-order valence-electron chi connectivity index (χ0n) is 12.9. The van der Waals surface area contributed by atoms with Crippen molar-refractivity contribution < 1.29 is 9.59 Å². The molecule has 22 heavy (non-hydrogen) atoms. The number of nitrogens with zero attached hydrogens (tertiary/aromatic N) is 2. The lowest BCUT2D eigenvalue weighted by molar-refractivity contribution is -0.115. The molecular weight excluding hydrogens is 280 g/mol. The number of carbonyl (C=O) groups is 2. The highest BCUT2D eigenvalue weighted by Crippen LogP contribution is 2.29. The van der Waals surface area contributed by atoms with Crippen LogP contribution >= 0.6 is 0 Å². The highest BCUT2D eigenvalue weighted by atomic mass is 16.2. The molecule has 2 amide bonds. The predicted molar refractivity (Wildman–Crippen MR) is 86.3 cm³/mol. The molecule has 2 aliphatic rings. The van der Waals surface area contributed by atoms with Crippen LogP contribution in [0.1, 0.15) is 23.2 Å². The minimum atomic E-state index is -0.00540. The van der Waals surface area contributed by atoms with E-state index >= 15 is 0 Å². The summed E-state index contributed by atoms with van der Waals surface area (Å²) in [6.45, 7) is 3.96. The number of nitrogens with one attached hydrogen (secondary N) is 2. The van der Waals surface area contributed by atoms with Crippen LogP contribution in [-0.4, -0.2) is 56.5 Å². The van der Waals surface area contributed by atoms with E-state index in [9.17, 15) is 9.59 Å². The van der Waals surface area contributed by atoms with Gasteiger partial charge in [0.25, 0.3) is 5.91 Å². The summed E-state index contributed by atoms with van der Waals surface area (Å²) in [6.07, 6.45) is 1.43. The van der Waals surface area contributed by atoms with Crippen molar-refractivity contribution in [3.8, 4) is 0 Å². The summed E-state index contributed by atoms with van der Waals surface area (Å²) in [4.78, 5) is 28.4. The van der Waals surface area contributed by atoms with Crippen LogP contribution in [0, 0.1) is 0 Å². The molecule has 0 saturated carbocycles. The molecule has 0 aromatic heterocycles. The molecule has 0 aliphatic carbocycles. The Morgan fingerprint density at radius 2 is 2.05 bits per heavy atom. The summed E-state index contributed by atoms with van der Waals surface area (Å²) in [5, 5.41) is 6.20. The van der Waals surface area contributed by atoms with E-state index in [0.29, 0.717) is 18.5 Å². The van der Waals surface area contributed by atoms with Crippen LogP contribution in [-0.2, 0) is 4.79 Å². The Morgan fingerprint density at radius 1 is 1.18 bits per heavy atom. The fourth-order valence-electron chi connectivity index (χ4n) is 2.94. The van der Waals surface area contributed by atoms with Gasteiger partial charge in [-0.1, -0.05) is 0 Å². The van der Waals surface area contributed by atoms with E-state index in [1.54, 1.807) is 6.07 Å². The van der Waals surface area contributed by atoms with Crippen molar-refractivity contribution >= 4 is 23.2 Å². The second-order valence-corrected chi connectivity index (χ2v) is 5.85. The molecule has 118 valence electrons. The standard InChI is InChI=1S/C16H22N4O2/c1-19-9-5-15(21)18-13-11-12(3-4-14(13)19)16(22)20-8-2-6-17-7-10-20/h3-4,11,17H,2,5-10H2,1H3,(H,18,21). The monoisotopic (exact) mass is 302 g/mol. The quantitative estimate of drug-likeness (QED) is 0.809. The van der Waals surface area contributed by atoms with E-state index in [1.807, 2.05) is 29.0 Å². The van der Waals surface area contributed by atoms with Gasteiger partial charge in [0.1, 0.15) is 0 Å². The Hall–Kier alpha value is -2.08. The van der Waals surface area contributed by atoms with Crippen LogP contribution in [0.2, 0.25) is 0 Å². The van der Waals surface area contributed by atoms with Gasteiger partial charge >= 0.3 is 0 Å². The van der Waals surface area contributed by atoms with Gasteiger partial charge in [-0.2, -0.15) is 0 Å². The molecule has 1 aromatic carbocycles. The maximum atomic E-state index is 12.7. The van der Waals surface area contributed by atoms with Gasteiger partial charge in [-0.15, -0.1) is 0 Å². The van der Waals surface area contributed by atoms with Gasteiger partial charge in [0, 0.05) is 45.2 Å². The number of amides is 2. The van der Waals surface area contributed by atoms with Crippen molar-refractivity contribution in [3.63, 3.8) is 0 Å². The van der Waals surface area contributed by atoms with Crippen molar-refractivity contribution in [2.45, 2.75) is 12.8 Å². The number of benzene rings is 1. The van der Waals surface area contributed by atoms with E-state index in [1.165, 1.54) is 0 Å².